The largest absolute Gasteiger partial charge is 0.483 e. The lowest BCUT2D eigenvalue weighted by Crippen LogP contribution is -2.24. The highest BCUT2D eigenvalue weighted by molar-refractivity contribution is 9.10. The Morgan fingerprint density at radius 1 is 1.21 bits per heavy atom. The number of carbonyl (C=O) groups excluding carboxylic acids is 1. The molecule has 0 bridgehead atoms. The van der Waals surface area contributed by atoms with Crippen LogP contribution in [0.15, 0.2) is 75.0 Å². The standard InChI is InChI=1S/C28H26BrN5O5/c1-4-18(3)27-32-24-11-7-20(29)14-23(24)28(36)33(27)30-15-19-13-22(34(37)38)10-12-25(19)39-16-26(35)31-21-8-5-17(2)6-9-21/h5-15,18H,4,16H2,1-3H3,(H,31,35)/t18-/m0/s1. The van der Waals surface area contributed by atoms with Gasteiger partial charge in [-0.05, 0) is 49.7 Å². The number of hydrogen-bond donors (Lipinski definition) is 1. The van der Waals surface area contributed by atoms with Crippen molar-refractivity contribution >= 4 is 50.3 Å². The lowest BCUT2D eigenvalue weighted by atomic mass is 10.1. The van der Waals surface area contributed by atoms with Crippen LogP contribution in [-0.4, -0.2) is 33.3 Å². The molecule has 1 amide bonds. The number of carbonyl (C=O) groups is 1. The second-order valence-electron chi connectivity index (χ2n) is 8.98. The van der Waals surface area contributed by atoms with Crippen LogP contribution in [0, 0.1) is 17.0 Å². The van der Waals surface area contributed by atoms with Gasteiger partial charge < -0.3 is 10.1 Å². The second-order valence-corrected chi connectivity index (χ2v) is 9.90. The summed E-state index contributed by atoms with van der Waals surface area (Å²) in [6.45, 7) is 5.52. The molecule has 4 rings (SSSR count). The molecule has 0 saturated carbocycles. The smallest absolute Gasteiger partial charge is 0.282 e. The molecule has 1 aromatic heterocycles. The molecular weight excluding hydrogens is 566 g/mol. The van der Waals surface area contributed by atoms with Crippen molar-refractivity contribution in [3.63, 3.8) is 0 Å². The van der Waals surface area contributed by atoms with Crippen molar-refractivity contribution in [2.75, 3.05) is 11.9 Å². The van der Waals surface area contributed by atoms with Crippen molar-refractivity contribution in [2.45, 2.75) is 33.1 Å². The highest BCUT2D eigenvalue weighted by Crippen LogP contribution is 2.24. The molecule has 11 heteroatoms. The number of nitrogens with zero attached hydrogens (tertiary/aromatic N) is 4. The minimum Gasteiger partial charge on any atom is -0.483 e. The van der Waals surface area contributed by atoms with E-state index in [4.69, 9.17) is 4.74 Å². The second kappa shape index (κ2) is 12.0. The van der Waals surface area contributed by atoms with Crippen molar-refractivity contribution in [3.8, 4) is 5.75 Å². The van der Waals surface area contributed by atoms with Crippen LogP contribution in [0.25, 0.3) is 10.9 Å². The maximum absolute atomic E-state index is 13.4. The van der Waals surface area contributed by atoms with Crippen molar-refractivity contribution in [3.05, 3.63) is 103 Å². The molecule has 3 aromatic carbocycles. The van der Waals surface area contributed by atoms with Gasteiger partial charge >= 0.3 is 0 Å². The van der Waals surface area contributed by atoms with Crippen LogP contribution in [0.3, 0.4) is 0 Å². The van der Waals surface area contributed by atoms with Gasteiger partial charge in [-0.15, -0.1) is 0 Å². The maximum Gasteiger partial charge on any atom is 0.282 e. The van der Waals surface area contributed by atoms with Crippen molar-refractivity contribution in [1.82, 2.24) is 9.66 Å². The zero-order chi connectivity index (χ0) is 28.1. The summed E-state index contributed by atoms with van der Waals surface area (Å²) < 4.78 is 7.62. The third kappa shape index (κ3) is 6.55. The highest BCUT2D eigenvalue weighted by atomic mass is 79.9. The van der Waals surface area contributed by atoms with Gasteiger partial charge in [0.25, 0.3) is 17.2 Å². The molecule has 4 aromatic rings. The van der Waals surface area contributed by atoms with E-state index in [0.29, 0.717) is 28.8 Å². The Morgan fingerprint density at radius 3 is 2.64 bits per heavy atom. The van der Waals surface area contributed by atoms with Crippen molar-refractivity contribution in [2.24, 2.45) is 5.10 Å². The average molecular weight is 592 g/mol. The summed E-state index contributed by atoms with van der Waals surface area (Å²) in [5.74, 6) is 0.158. The van der Waals surface area contributed by atoms with Gasteiger partial charge in [-0.2, -0.15) is 9.78 Å². The SMILES string of the molecule is CC[C@H](C)c1nc2ccc(Br)cc2c(=O)n1N=Cc1cc([N+](=O)[O-])ccc1OCC(=O)Nc1ccc(C)cc1. The summed E-state index contributed by atoms with van der Waals surface area (Å²) in [6.07, 6.45) is 2.02. The Morgan fingerprint density at radius 2 is 1.95 bits per heavy atom. The minimum atomic E-state index is -0.545. The van der Waals surface area contributed by atoms with E-state index >= 15 is 0 Å². The van der Waals surface area contributed by atoms with Crippen molar-refractivity contribution < 1.29 is 14.5 Å². The number of aryl methyl sites for hydroxylation is 1. The Bertz CT molecular complexity index is 1630. The summed E-state index contributed by atoms with van der Waals surface area (Å²) in [6, 6.07) is 16.5. The summed E-state index contributed by atoms with van der Waals surface area (Å²) >= 11 is 3.38. The molecule has 0 aliphatic rings. The van der Waals surface area contributed by atoms with Crippen LogP contribution in [0.2, 0.25) is 0 Å². The summed E-state index contributed by atoms with van der Waals surface area (Å²) in [4.78, 5) is 41.4. The fourth-order valence-corrected chi connectivity index (χ4v) is 4.12. The van der Waals surface area contributed by atoms with Gasteiger partial charge in [0, 0.05) is 33.8 Å². The maximum atomic E-state index is 13.4. The van der Waals surface area contributed by atoms with E-state index in [1.54, 1.807) is 24.3 Å². The summed E-state index contributed by atoms with van der Waals surface area (Å²) in [5.41, 5.74) is 1.88. The quantitative estimate of drug-likeness (QED) is 0.149. The number of rotatable bonds is 9. The number of nitro groups is 1. The molecular formula is C28H26BrN5O5. The van der Waals surface area contributed by atoms with Gasteiger partial charge in [0.05, 0.1) is 22.0 Å². The number of fused-ring (bicyclic) bond motifs is 1. The third-order valence-corrected chi connectivity index (χ3v) is 6.59. The number of ether oxygens (including phenoxy) is 1. The zero-order valence-electron chi connectivity index (χ0n) is 21.6. The molecule has 0 saturated heterocycles. The Kier molecular flexibility index (Phi) is 8.50. The van der Waals surface area contributed by atoms with E-state index in [2.05, 4.69) is 31.3 Å². The van der Waals surface area contributed by atoms with E-state index < -0.39 is 10.8 Å². The zero-order valence-corrected chi connectivity index (χ0v) is 23.1. The predicted molar refractivity (Wildman–Crippen MR) is 154 cm³/mol. The lowest BCUT2D eigenvalue weighted by molar-refractivity contribution is -0.384. The molecule has 0 fully saturated rings. The fraction of sp³-hybridized carbons (Fsp3) is 0.214. The molecule has 0 radical (unpaired) electrons. The molecule has 1 atom stereocenters. The molecule has 10 nitrogen and oxygen atoms in total. The number of aromatic nitrogens is 2. The van der Waals surface area contributed by atoms with Crippen LogP contribution in [-0.2, 0) is 4.79 Å². The molecule has 39 heavy (non-hydrogen) atoms. The lowest BCUT2D eigenvalue weighted by Gasteiger charge is -2.14. The summed E-state index contributed by atoms with van der Waals surface area (Å²) in [5, 5.41) is 18.9. The van der Waals surface area contributed by atoms with Crippen LogP contribution in [0.5, 0.6) is 5.75 Å². The fourth-order valence-electron chi connectivity index (χ4n) is 3.76. The van der Waals surface area contributed by atoms with E-state index in [9.17, 15) is 19.7 Å². The predicted octanol–water partition coefficient (Wildman–Crippen LogP) is 5.79. The topological polar surface area (TPSA) is 129 Å². The number of benzene rings is 3. The van der Waals surface area contributed by atoms with E-state index in [-0.39, 0.29) is 35.1 Å². The van der Waals surface area contributed by atoms with Gasteiger partial charge in [-0.1, -0.05) is 47.5 Å². The molecule has 1 heterocycles. The number of nitro benzene ring substituents is 1. The van der Waals surface area contributed by atoms with Crippen molar-refractivity contribution in [1.29, 1.82) is 0 Å². The highest BCUT2D eigenvalue weighted by Gasteiger charge is 2.17. The Balaban J connectivity index is 1.68. The van der Waals surface area contributed by atoms with Gasteiger partial charge in [0.15, 0.2) is 6.61 Å². The summed E-state index contributed by atoms with van der Waals surface area (Å²) in [7, 11) is 0. The van der Waals surface area contributed by atoms with Crippen LogP contribution in [0.4, 0.5) is 11.4 Å². The molecule has 0 aliphatic carbocycles. The third-order valence-electron chi connectivity index (χ3n) is 6.10. The first-order valence-corrected chi connectivity index (χ1v) is 13.0. The van der Waals surface area contributed by atoms with Gasteiger partial charge in [0.1, 0.15) is 11.6 Å². The molecule has 1 N–H and O–H groups in total. The first kappa shape index (κ1) is 27.6. The molecule has 0 aliphatic heterocycles. The molecule has 0 unspecified atom stereocenters. The number of non-ortho nitro benzene ring substituents is 1. The van der Waals surface area contributed by atoms with Crippen LogP contribution in [0.1, 0.15) is 43.1 Å². The van der Waals surface area contributed by atoms with Gasteiger partial charge in [-0.25, -0.2) is 4.98 Å². The van der Waals surface area contributed by atoms with E-state index in [0.717, 1.165) is 10.0 Å². The normalized spacial score (nSPS) is 12.0. The Hall–Kier alpha value is -4.38. The average Bonchev–Trinajstić information content (AvgIpc) is 2.92. The minimum absolute atomic E-state index is 0.0887. The number of anilines is 1. The Labute approximate surface area is 232 Å². The van der Waals surface area contributed by atoms with Crippen LogP contribution < -0.4 is 15.6 Å². The van der Waals surface area contributed by atoms with Crippen LogP contribution >= 0.6 is 15.9 Å². The number of halogens is 1. The van der Waals surface area contributed by atoms with Gasteiger partial charge in [-0.3, -0.25) is 19.7 Å². The molecule has 200 valence electrons. The number of hydrogen-bond acceptors (Lipinski definition) is 7. The monoisotopic (exact) mass is 591 g/mol. The molecule has 0 spiro atoms. The van der Waals surface area contributed by atoms with E-state index in [1.165, 1.54) is 29.1 Å². The van der Waals surface area contributed by atoms with Gasteiger partial charge in [0.2, 0.25) is 0 Å². The first-order chi connectivity index (χ1) is 18.7. The number of nitrogens with one attached hydrogen (secondary N) is 1. The van der Waals surface area contributed by atoms with E-state index in [1.807, 2.05) is 39.0 Å². The number of amides is 1. The first-order valence-electron chi connectivity index (χ1n) is 12.2.